The van der Waals surface area contributed by atoms with Crippen molar-refractivity contribution in [2.24, 2.45) is 0 Å². The number of nitrogens with one attached hydrogen (secondary N) is 2. The monoisotopic (exact) mass is 249 g/mol. The number of aromatic amines is 1. The van der Waals surface area contributed by atoms with Gasteiger partial charge in [-0.2, -0.15) is 5.10 Å². The van der Waals surface area contributed by atoms with Crippen LogP contribution < -0.4 is 5.32 Å². The molecule has 0 spiro atoms. The van der Waals surface area contributed by atoms with Gasteiger partial charge in [0.05, 0.1) is 11.9 Å². The molecule has 0 atom stereocenters. The zero-order chi connectivity index (χ0) is 12.9. The van der Waals surface area contributed by atoms with Gasteiger partial charge in [0, 0.05) is 17.8 Å². The molecule has 3 rings (SSSR count). The maximum Gasteiger partial charge on any atom is 0.0700 e. The standard InChI is InChI=1S/C16H15N3/c1-3-7-13(8-4-1)16-14(12-18-19-16)11-17-15-9-5-2-6-10-15/h1-10,12,17H,11H2,(H,18,19). The fraction of sp³-hybridized carbons (Fsp3) is 0.0625. The van der Waals surface area contributed by atoms with Crippen LogP contribution in [0.2, 0.25) is 0 Å². The van der Waals surface area contributed by atoms with E-state index in [-0.39, 0.29) is 0 Å². The van der Waals surface area contributed by atoms with Crippen molar-refractivity contribution in [2.45, 2.75) is 6.54 Å². The largest absolute Gasteiger partial charge is 0.381 e. The van der Waals surface area contributed by atoms with Gasteiger partial charge in [0.1, 0.15) is 0 Å². The van der Waals surface area contributed by atoms with Crippen LogP contribution >= 0.6 is 0 Å². The minimum absolute atomic E-state index is 0.755. The lowest BCUT2D eigenvalue weighted by molar-refractivity contribution is 1.10. The van der Waals surface area contributed by atoms with E-state index in [0.717, 1.165) is 29.1 Å². The predicted octanol–water partition coefficient (Wildman–Crippen LogP) is 3.69. The summed E-state index contributed by atoms with van der Waals surface area (Å²) in [5.74, 6) is 0. The van der Waals surface area contributed by atoms with Gasteiger partial charge in [-0.3, -0.25) is 5.10 Å². The molecule has 19 heavy (non-hydrogen) atoms. The van der Waals surface area contributed by atoms with Crippen molar-refractivity contribution in [3.63, 3.8) is 0 Å². The van der Waals surface area contributed by atoms with Crippen molar-refractivity contribution in [1.82, 2.24) is 10.2 Å². The Morgan fingerprint density at radius 2 is 1.58 bits per heavy atom. The lowest BCUT2D eigenvalue weighted by Crippen LogP contribution is -1.99. The van der Waals surface area contributed by atoms with E-state index in [4.69, 9.17) is 0 Å². The van der Waals surface area contributed by atoms with E-state index in [0.29, 0.717) is 0 Å². The number of hydrogen-bond donors (Lipinski definition) is 2. The molecule has 2 aromatic carbocycles. The van der Waals surface area contributed by atoms with Crippen LogP contribution in [0, 0.1) is 0 Å². The van der Waals surface area contributed by atoms with Crippen molar-refractivity contribution in [3.05, 3.63) is 72.4 Å². The van der Waals surface area contributed by atoms with Crippen LogP contribution in [0.3, 0.4) is 0 Å². The van der Waals surface area contributed by atoms with E-state index >= 15 is 0 Å². The van der Waals surface area contributed by atoms with Crippen LogP contribution in [0.4, 0.5) is 5.69 Å². The number of para-hydroxylation sites is 1. The fourth-order valence-electron chi connectivity index (χ4n) is 2.05. The molecule has 3 heteroatoms. The molecule has 3 nitrogen and oxygen atoms in total. The van der Waals surface area contributed by atoms with Crippen LogP contribution in [0.25, 0.3) is 11.3 Å². The van der Waals surface area contributed by atoms with Gasteiger partial charge >= 0.3 is 0 Å². The van der Waals surface area contributed by atoms with Gasteiger partial charge in [-0.1, -0.05) is 48.5 Å². The Hall–Kier alpha value is -2.55. The Morgan fingerprint density at radius 3 is 2.32 bits per heavy atom. The first-order valence-corrected chi connectivity index (χ1v) is 6.30. The zero-order valence-corrected chi connectivity index (χ0v) is 10.5. The van der Waals surface area contributed by atoms with Gasteiger partial charge < -0.3 is 5.32 Å². The smallest absolute Gasteiger partial charge is 0.0700 e. The molecule has 3 aromatic rings. The number of H-pyrrole nitrogens is 1. The zero-order valence-electron chi connectivity index (χ0n) is 10.5. The highest BCUT2D eigenvalue weighted by Gasteiger charge is 2.06. The van der Waals surface area contributed by atoms with Crippen LogP contribution in [-0.2, 0) is 6.54 Å². The van der Waals surface area contributed by atoms with Crippen LogP contribution in [-0.4, -0.2) is 10.2 Å². The Labute approximate surface area is 112 Å². The third-order valence-electron chi connectivity index (χ3n) is 3.04. The minimum atomic E-state index is 0.755. The summed E-state index contributed by atoms with van der Waals surface area (Å²) < 4.78 is 0. The second kappa shape index (κ2) is 5.40. The van der Waals surface area contributed by atoms with Gasteiger partial charge in [0.15, 0.2) is 0 Å². The third-order valence-corrected chi connectivity index (χ3v) is 3.04. The van der Waals surface area contributed by atoms with E-state index < -0.39 is 0 Å². The average Bonchev–Trinajstić information content (AvgIpc) is 2.95. The summed E-state index contributed by atoms with van der Waals surface area (Å²) in [4.78, 5) is 0. The maximum absolute atomic E-state index is 4.15. The van der Waals surface area contributed by atoms with E-state index in [9.17, 15) is 0 Å². The fourth-order valence-corrected chi connectivity index (χ4v) is 2.05. The molecule has 0 unspecified atom stereocenters. The summed E-state index contributed by atoms with van der Waals surface area (Å²) in [5.41, 5.74) is 4.51. The van der Waals surface area contributed by atoms with E-state index in [2.05, 4.69) is 39.8 Å². The summed E-state index contributed by atoms with van der Waals surface area (Å²) in [6, 6.07) is 20.4. The second-order valence-corrected chi connectivity index (χ2v) is 4.36. The van der Waals surface area contributed by atoms with E-state index in [1.165, 1.54) is 0 Å². The van der Waals surface area contributed by atoms with Crippen LogP contribution in [0.1, 0.15) is 5.56 Å². The normalized spacial score (nSPS) is 10.3. The summed E-state index contributed by atoms with van der Waals surface area (Å²) in [5, 5.41) is 10.6. The summed E-state index contributed by atoms with van der Waals surface area (Å²) in [6.45, 7) is 0.755. The predicted molar refractivity (Wildman–Crippen MR) is 77.8 cm³/mol. The molecule has 0 amide bonds. The Balaban J connectivity index is 1.78. The van der Waals surface area contributed by atoms with Crippen molar-refractivity contribution in [2.75, 3.05) is 5.32 Å². The molecule has 0 aliphatic rings. The highest BCUT2D eigenvalue weighted by Crippen LogP contribution is 2.21. The first-order valence-electron chi connectivity index (χ1n) is 6.30. The Morgan fingerprint density at radius 1 is 0.895 bits per heavy atom. The molecule has 94 valence electrons. The van der Waals surface area contributed by atoms with Gasteiger partial charge in [0.25, 0.3) is 0 Å². The second-order valence-electron chi connectivity index (χ2n) is 4.36. The Bertz CT molecular complexity index is 629. The maximum atomic E-state index is 4.15. The van der Waals surface area contributed by atoms with Crippen LogP contribution in [0.5, 0.6) is 0 Å². The first kappa shape index (κ1) is 11.5. The molecule has 0 bridgehead atoms. The quantitative estimate of drug-likeness (QED) is 0.740. The minimum Gasteiger partial charge on any atom is -0.381 e. The van der Waals surface area contributed by atoms with Gasteiger partial charge in [-0.25, -0.2) is 0 Å². The number of hydrogen-bond acceptors (Lipinski definition) is 2. The van der Waals surface area contributed by atoms with Crippen LogP contribution in [0.15, 0.2) is 66.9 Å². The molecule has 1 heterocycles. The van der Waals surface area contributed by atoms with Gasteiger partial charge in [-0.15, -0.1) is 0 Å². The number of nitrogens with zero attached hydrogens (tertiary/aromatic N) is 1. The molecule has 0 saturated heterocycles. The summed E-state index contributed by atoms with van der Waals surface area (Å²) in [6.07, 6.45) is 1.87. The van der Waals surface area contributed by atoms with Crippen molar-refractivity contribution >= 4 is 5.69 Å². The topological polar surface area (TPSA) is 40.7 Å². The summed E-state index contributed by atoms with van der Waals surface area (Å²) in [7, 11) is 0. The first-order chi connectivity index (χ1) is 9.43. The molecule has 2 N–H and O–H groups in total. The summed E-state index contributed by atoms with van der Waals surface area (Å²) >= 11 is 0. The molecule has 0 fully saturated rings. The van der Waals surface area contributed by atoms with Gasteiger partial charge in [0.2, 0.25) is 0 Å². The molecule has 0 aliphatic carbocycles. The number of anilines is 1. The molecule has 1 aromatic heterocycles. The van der Waals surface area contributed by atoms with E-state index in [1.54, 1.807) is 0 Å². The third kappa shape index (κ3) is 2.65. The highest BCUT2D eigenvalue weighted by atomic mass is 15.1. The lowest BCUT2D eigenvalue weighted by Gasteiger charge is -2.06. The molecular weight excluding hydrogens is 234 g/mol. The lowest BCUT2D eigenvalue weighted by atomic mass is 10.1. The molecular formula is C16H15N3. The number of rotatable bonds is 4. The molecule has 0 aliphatic heterocycles. The van der Waals surface area contributed by atoms with Gasteiger partial charge in [-0.05, 0) is 17.7 Å². The molecule has 0 radical (unpaired) electrons. The SMILES string of the molecule is c1ccc(NCc2cn[nH]c2-c2ccccc2)cc1. The number of aromatic nitrogens is 2. The van der Waals surface area contributed by atoms with Crippen molar-refractivity contribution in [1.29, 1.82) is 0 Å². The molecule has 0 saturated carbocycles. The van der Waals surface area contributed by atoms with Crippen molar-refractivity contribution in [3.8, 4) is 11.3 Å². The number of benzene rings is 2. The van der Waals surface area contributed by atoms with E-state index in [1.807, 2.05) is 42.6 Å². The average molecular weight is 249 g/mol. The Kier molecular flexibility index (Phi) is 3.28. The van der Waals surface area contributed by atoms with Crippen molar-refractivity contribution < 1.29 is 0 Å². The highest BCUT2D eigenvalue weighted by molar-refractivity contribution is 5.63.